The number of carbonyl (C=O) groups is 3. The number of hydrogen-bond donors (Lipinski definition) is 0. The second kappa shape index (κ2) is 10.4. The monoisotopic (exact) mass is 346 g/mol. The predicted molar refractivity (Wildman–Crippen MR) is 94.9 cm³/mol. The number of ether oxygens (including phenoxy) is 2. The number of hydrogen-bond acceptors (Lipinski definition) is 5. The number of benzene rings is 1. The Morgan fingerprint density at radius 2 is 1.52 bits per heavy atom. The fourth-order valence-electron chi connectivity index (χ4n) is 2.26. The molecule has 136 valence electrons. The van der Waals surface area contributed by atoms with Crippen LogP contribution in [0.4, 0.5) is 0 Å². The number of allylic oxidation sites excluding steroid dienone is 2. The number of rotatable bonds is 10. The summed E-state index contributed by atoms with van der Waals surface area (Å²) < 4.78 is 9.98. The highest BCUT2D eigenvalue weighted by molar-refractivity contribution is 5.99. The molecule has 0 atom stereocenters. The highest BCUT2D eigenvalue weighted by Gasteiger charge is 2.43. The largest absolute Gasteiger partial charge is 0.465 e. The van der Waals surface area contributed by atoms with E-state index in [-0.39, 0.29) is 31.8 Å². The van der Waals surface area contributed by atoms with Gasteiger partial charge in [0.05, 0.1) is 13.2 Å². The molecule has 0 saturated carbocycles. The first-order valence-electron chi connectivity index (χ1n) is 8.49. The standard InChI is InChI=1S/C20H26O5/c1-4-24-18(22)20(3,19(23)25-5-2)14-10-9-13-17(21)15-16-11-7-6-8-12-16/h6-12H,4-5,13-15H2,1-3H3/b10-9+. The van der Waals surface area contributed by atoms with Gasteiger partial charge in [-0.05, 0) is 32.8 Å². The predicted octanol–water partition coefficient (Wildman–Crippen LogP) is 3.27. The second-order valence-electron chi connectivity index (χ2n) is 5.85. The Bertz CT molecular complexity index is 586. The third-order valence-corrected chi connectivity index (χ3v) is 3.73. The van der Waals surface area contributed by atoms with Crippen molar-refractivity contribution >= 4 is 17.7 Å². The molecule has 0 radical (unpaired) electrons. The lowest BCUT2D eigenvalue weighted by Gasteiger charge is -2.23. The summed E-state index contributed by atoms with van der Waals surface area (Å²) in [5, 5.41) is 0. The minimum absolute atomic E-state index is 0.0661. The van der Waals surface area contributed by atoms with E-state index in [1.807, 2.05) is 30.3 Å². The Morgan fingerprint density at radius 3 is 2.04 bits per heavy atom. The van der Waals surface area contributed by atoms with Crippen LogP contribution in [0.15, 0.2) is 42.5 Å². The van der Waals surface area contributed by atoms with Crippen molar-refractivity contribution in [2.75, 3.05) is 13.2 Å². The average Bonchev–Trinajstić information content (AvgIpc) is 2.59. The molecule has 5 nitrogen and oxygen atoms in total. The van der Waals surface area contributed by atoms with Crippen molar-refractivity contribution in [2.45, 2.75) is 40.0 Å². The van der Waals surface area contributed by atoms with E-state index < -0.39 is 17.4 Å². The van der Waals surface area contributed by atoms with Crippen LogP contribution in [0, 0.1) is 5.41 Å². The van der Waals surface area contributed by atoms with Gasteiger partial charge in [-0.3, -0.25) is 14.4 Å². The van der Waals surface area contributed by atoms with Gasteiger partial charge in [-0.2, -0.15) is 0 Å². The summed E-state index contributed by atoms with van der Waals surface area (Å²) in [5.41, 5.74) is -0.436. The molecule has 1 aromatic rings. The highest BCUT2D eigenvalue weighted by atomic mass is 16.6. The zero-order valence-electron chi connectivity index (χ0n) is 15.1. The average molecular weight is 346 g/mol. The minimum Gasteiger partial charge on any atom is -0.465 e. The van der Waals surface area contributed by atoms with Gasteiger partial charge in [-0.1, -0.05) is 42.5 Å². The molecule has 25 heavy (non-hydrogen) atoms. The van der Waals surface area contributed by atoms with Crippen molar-refractivity contribution in [1.29, 1.82) is 0 Å². The van der Waals surface area contributed by atoms with Gasteiger partial charge in [0.1, 0.15) is 5.78 Å². The maximum Gasteiger partial charge on any atom is 0.323 e. The van der Waals surface area contributed by atoms with Gasteiger partial charge in [-0.25, -0.2) is 0 Å². The number of Topliss-reactive ketones (excluding diaryl/α,β-unsaturated/α-hetero) is 1. The van der Waals surface area contributed by atoms with Crippen LogP contribution in [0.5, 0.6) is 0 Å². The molecule has 0 fully saturated rings. The van der Waals surface area contributed by atoms with Crippen molar-refractivity contribution in [2.24, 2.45) is 5.41 Å². The van der Waals surface area contributed by atoms with Gasteiger partial charge >= 0.3 is 11.9 Å². The maximum absolute atomic E-state index is 12.1. The fraction of sp³-hybridized carbons (Fsp3) is 0.450. The molecule has 0 bridgehead atoms. The third-order valence-electron chi connectivity index (χ3n) is 3.73. The van der Waals surface area contributed by atoms with Gasteiger partial charge in [0.25, 0.3) is 0 Å². The molecular formula is C20H26O5. The lowest BCUT2D eigenvalue weighted by molar-refractivity contribution is -0.170. The highest BCUT2D eigenvalue weighted by Crippen LogP contribution is 2.26. The van der Waals surface area contributed by atoms with Crippen LogP contribution in [0.1, 0.15) is 39.2 Å². The summed E-state index contributed by atoms with van der Waals surface area (Å²) in [6, 6.07) is 9.49. The van der Waals surface area contributed by atoms with E-state index in [0.717, 1.165) is 5.56 Å². The Kier molecular flexibility index (Phi) is 8.61. The van der Waals surface area contributed by atoms with Crippen LogP contribution in [-0.4, -0.2) is 30.9 Å². The van der Waals surface area contributed by atoms with Crippen LogP contribution < -0.4 is 0 Å². The molecule has 0 amide bonds. The number of ketones is 1. The van der Waals surface area contributed by atoms with Gasteiger partial charge in [0.15, 0.2) is 5.41 Å². The smallest absolute Gasteiger partial charge is 0.323 e. The fourth-order valence-corrected chi connectivity index (χ4v) is 2.26. The molecule has 0 aliphatic carbocycles. The van der Waals surface area contributed by atoms with Gasteiger partial charge in [-0.15, -0.1) is 0 Å². The van der Waals surface area contributed by atoms with Crippen molar-refractivity contribution in [3.05, 3.63) is 48.0 Å². The zero-order chi connectivity index (χ0) is 18.7. The SMILES string of the molecule is CCOC(=O)C(C)(C/C=C/CC(=O)Cc1ccccc1)C(=O)OCC. The molecule has 0 N–H and O–H groups in total. The van der Waals surface area contributed by atoms with Crippen LogP contribution in [0.3, 0.4) is 0 Å². The normalized spacial score (nSPS) is 11.3. The molecule has 0 unspecified atom stereocenters. The Hall–Kier alpha value is -2.43. The first-order chi connectivity index (χ1) is 11.9. The molecule has 0 aliphatic heterocycles. The van der Waals surface area contributed by atoms with Crippen LogP contribution in [0.2, 0.25) is 0 Å². The van der Waals surface area contributed by atoms with Crippen molar-refractivity contribution in [3.63, 3.8) is 0 Å². The summed E-state index contributed by atoms with van der Waals surface area (Å²) >= 11 is 0. The third kappa shape index (κ3) is 6.53. The topological polar surface area (TPSA) is 69.7 Å². The molecule has 5 heteroatoms. The van der Waals surface area contributed by atoms with E-state index in [0.29, 0.717) is 6.42 Å². The maximum atomic E-state index is 12.1. The minimum atomic E-state index is -1.40. The van der Waals surface area contributed by atoms with E-state index in [2.05, 4.69) is 0 Å². The summed E-state index contributed by atoms with van der Waals surface area (Å²) in [6.45, 7) is 5.24. The van der Waals surface area contributed by atoms with Crippen molar-refractivity contribution < 1.29 is 23.9 Å². The zero-order valence-corrected chi connectivity index (χ0v) is 15.1. The van der Waals surface area contributed by atoms with E-state index in [1.54, 1.807) is 26.0 Å². The summed E-state index contributed by atoms with van der Waals surface area (Å²) in [5.74, 6) is -1.17. The van der Waals surface area contributed by atoms with Gasteiger partial charge < -0.3 is 9.47 Å². The van der Waals surface area contributed by atoms with Crippen molar-refractivity contribution in [3.8, 4) is 0 Å². The molecule has 1 rings (SSSR count). The Labute approximate surface area is 149 Å². The molecule has 1 aromatic carbocycles. The first kappa shape index (κ1) is 20.6. The lowest BCUT2D eigenvalue weighted by atomic mass is 9.86. The van der Waals surface area contributed by atoms with Crippen LogP contribution in [0.25, 0.3) is 0 Å². The quantitative estimate of drug-likeness (QED) is 0.369. The first-order valence-corrected chi connectivity index (χ1v) is 8.49. The molecule has 0 heterocycles. The Morgan fingerprint density at radius 1 is 0.960 bits per heavy atom. The molecular weight excluding hydrogens is 320 g/mol. The number of esters is 2. The molecule has 0 aromatic heterocycles. The Balaban J connectivity index is 2.63. The van der Waals surface area contributed by atoms with E-state index in [4.69, 9.17) is 9.47 Å². The molecule has 0 spiro atoms. The van der Waals surface area contributed by atoms with E-state index in [1.165, 1.54) is 6.92 Å². The van der Waals surface area contributed by atoms with Gasteiger partial charge in [0.2, 0.25) is 0 Å². The number of carbonyl (C=O) groups excluding carboxylic acids is 3. The van der Waals surface area contributed by atoms with Gasteiger partial charge in [0, 0.05) is 12.8 Å². The summed E-state index contributed by atoms with van der Waals surface area (Å²) in [6.07, 6.45) is 4.08. The van der Waals surface area contributed by atoms with E-state index in [9.17, 15) is 14.4 Å². The van der Waals surface area contributed by atoms with Crippen LogP contribution >= 0.6 is 0 Å². The lowest BCUT2D eigenvalue weighted by Crippen LogP contribution is -2.39. The summed E-state index contributed by atoms with van der Waals surface area (Å²) in [4.78, 5) is 36.2. The molecule has 0 saturated heterocycles. The molecule has 0 aliphatic rings. The second-order valence-corrected chi connectivity index (χ2v) is 5.85. The summed E-state index contributed by atoms with van der Waals surface area (Å²) in [7, 11) is 0. The van der Waals surface area contributed by atoms with E-state index >= 15 is 0 Å². The van der Waals surface area contributed by atoms with Crippen LogP contribution in [-0.2, 0) is 30.3 Å². The van der Waals surface area contributed by atoms with Crippen molar-refractivity contribution in [1.82, 2.24) is 0 Å².